The number of hydrogen-bond donors (Lipinski definition) is 1. The lowest BCUT2D eigenvalue weighted by molar-refractivity contribution is 0.101. The highest BCUT2D eigenvalue weighted by molar-refractivity contribution is 6.31. The number of hydrogen-bond acceptors (Lipinski definition) is 4. The van der Waals surface area contributed by atoms with E-state index in [4.69, 9.17) is 28.7 Å². The van der Waals surface area contributed by atoms with Crippen molar-refractivity contribution in [1.29, 1.82) is 0 Å². The minimum atomic E-state index is -0.251. The van der Waals surface area contributed by atoms with Gasteiger partial charge in [0.2, 0.25) is 0 Å². The fourth-order valence-corrected chi connectivity index (χ4v) is 1.39. The number of halogens is 2. The van der Waals surface area contributed by atoms with Crippen LogP contribution in [0.5, 0.6) is 0 Å². The van der Waals surface area contributed by atoms with Crippen LogP contribution in [0, 0.1) is 0 Å². The van der Waals surface area contributed by atoms with Gasteiger partial charge in [0.25, 0.3) is 5.90 Å². The van der Waals surface area contributed by atoms with Crippen molar-refractivity contribution in [2.45, 2.75) is 6.92 Å². The summed E-state index contributed by atoms with van der Waals surface area (Å²) in [6.45, 7) is 1.36. The number of Topliss-reactive ketones (excluding diaryl/α,β-unsaturated/α-hetero) is 1. The first-order valence-electron chi connectivity index (χ1n) is 3.91. The zero-order valence-corrected chi connectivity index (χ0v) is 9.21. The molecule has 0 aliphatic rings. The molecular weight excluding hydrogens is 241 g/mol. The molecule has 1 aromatic carbocycles. The smallest absolute Gasteiger partial charge is 0.280 e. The van der Waals surface area contributed by atoms with Crippen molar-refractivity contribution in [3.63, 3.8) is 0 Å². The highest BCUT2D eigenvalue weighted by Gasteiger charge is 2.15. The molecule has 1 rings (SSSR count). The maximum atomic E-state index is 11.3. The number of ketones is 1. The van der Waals surface area contributed by atoms with Crippen molar-refractivity contribution in [1.82, 2.24) is 0 Å². The lowest BCUT2D eigenvalue weighted by Crippen LogP contribution is -2.08. The summed E-state index contributed by atoms with van der Waals surface area (Å²) in [5, 5.41) is 11.8. The molecule has 80 valence electrons. The van der Waals surface area contributed by atoms with Crippen molar-refractivity contribution in [3.05, 3.63) is 34.3 Å². The predicted molar refractivity (Wildman–Crippen MR) is 56.7 cm³/mol. The van der Waals surface area contributed by atoms with Crippen LogP contribution in [-0.4, -0.2) is 16.9 Å². The number of nitrogens with zero attached hydrogens (tertiary/aromatic N) is 1. The Kier molecular flexibility index (Phi) is 3.94. The third kappa shape index (κ3) is 2.61. The number of benzene rings is 1. The summed E-state index contributed by atoms with van der Waals surface area (Å²) in [6.07, 6.45) is 0. The molecule has 1 aromatic rings. The molecule has 0 unspecified atom stereocenters. The second-order valence-corrected chi connectivity index (χ2v) is 3.32. The van der Waals surface area contributed by atoms with Gasteiger partial charge in [-0.25, -0.2) is 0 Å². The van der Waals surface area contributed by atoms with Crippen molar-refractivity contribution in [3.8, 4) is 0 Å². The Balaban J connectivity index is 3.34. The fraction of sp³-hybridized carbons (Fsp3) is 0.111. The van der Waals surface area contributed by atoms with Gasteiger partial charge in [-0.3, -0.25) is 4.79 Å². The zero-order valence-electron chi connectivity index (χ0n) is 7.70. The molecule has 0 spiro atoms. The van der Waals surface area contributed by atoms with Gasteiger partial charge in [-0.2, -0.15) is 0 Å². The summed E-state index contributed by atoms with van der Waals surface area (Å²) >= 11 is 10.8. The molecule has 0 aromatic heterocycles. The second-order valence-electron chi connectivity index (χ2n) is 2.73. The molecule has 6 heteroatoms. The van der Waals surface area contributed by atoms with E-state index in [-0.39, 0.29) is 22.8 Å². The van der Waals surface area contributed by atoms with E-state index in [2.05, 4.69) is 9.45 Å². The minimum Gasteiger partial charge on any atom is -0.408 e. The van der Waals surface area contributed by atoms with Crippen LogP contribution in [0.4, 0.5) is 0 Å². The van der Waals surface area contributed by atoms with Crippen LogP contribution in [0.2, 0.25) is 5.02 Å². The maximum absolute atomic E-state index is 11.3. The van der Waals surface area contributed by atoms with Gasteiger partial charge in [-0.05, 0) is 30.3 Å². The molecule has 0 bridgehead atoms. The summed E-state index contributed by atoms with van der Waals surface area (Å²) in [5.41, 5.74) is 0.556. The quantitative estimate of drug-likeness (QED) is 0.288. The van der Waals surface area contributed by atoms with Crippen LogP contribution < -0.4 is 0 Å². The largest absolute Gasteiger partial charge is 0.408 e. The highest BCUT2D eigenvalue weighted by Crippen LogP contribution is 2.18. The molecule has 0 heterocycles. The Hall–Kier alpha value is -1.26. The van der Waals surface area contributed by atoms with E-state index in [1.165, 1.54) is 25.1 Å². The molecule has 0 fully saturated rings. The molecule has 0 atom stereocenters. The van der Waals surface area contributed by atoms with Gasteiger partial charge in [-0.1, -0.05) is 11.6 Å². The summed E-state index contributed by atoms with van der Waals surface area (Å²) in [7, 11) is 0. The van der Waals surface area contributed by atoms with Crippen LogP contribution in [0.1, 0.15) is 22.8 Å². The van der Waals surface area contributed by atoms with Crippen LogP contribution in [0.3, 0.4) is 0 Å². The molecular formula is C9H7Cl2NO3. The van der Waals surface area contributed by atoms with E-state index < -0.39 is 0 Å². The van der Waals surface area contributed by atoms with E-state index in [0.29, 0.717) is 5.02 Å². The number of carbonyl (C=O) groups excluding carboxylic acids is 1. The molecule has 0 saturated heterocycles. The van der Waals surface area contributed by atoms with Crippen molar-refractivity contribution < 1.29 is 14.3 Å². The average molecular weight is 248 g/mol. The SMILES string of the molecule is CC(=O)c1cc(Cl)ccc1C(=NO)OCl. The second kappa shape index (κ2) is 5.00. The van der Waals surface area contributed by atoms with Gasteiger partial charge < -0.3 is 9.50 Å². The molecule has 0 amide bonds. The van der Waals surface area contributed by atoms with Gasteiger partial charge in [0.15, 0.2) is 5.78 Å². The zero-order chi connectivity index (χ0) is 11.4. The van der Waals surface area contributed by atoms with Crippen molar-refractivity contribution in [2.24, 2.45) is 5.16 Å². The molecule has 0 aliphatic heterocycles. The molecule has 1 N–H and O–H groups in total. The van der Waals surface area contributed by atoms with Gasteiger partial charge in [0, 0.05) is 10.6 Å². The van der Waals surface area contributed by atoms with Gasteiger partial charge in [-0.15, -0.1) is 0 Å². The third-order valence-corrected chi connectivity index (χ3v) is 2.14. The van der Waals surface area contributed by atoms with E-state index in [1.807, 2.05) is 0 Å². The Morgan fingerprint density at radius 2 is 2.13 bits per heavy atom. The van der Waals surface area contributed by atoms with E-state index in [1.54, 1.807) is 0 Å². The van der Waals surface area contributed by atoms with E-state index >= 15 is 0 Å². The lowest BCUT2D eigenvalue weighted by atomic mass is 10.0. The summed E-state index contributed by atoms with van der Waals surface area (Å²) in [6, 6.07) is 4.46. The normalized spacial score (nSPS) is 11.3. The molecule has 15 heavy (non-hydrogen) atoms. The molecule has 4 nitrogen and oxygen atoms in total. The molecule has 0 aliphatic carbocycles. The Morgan fingerprint density at radius 1 is 1.47 bits per heavy atom. The summed E-state index contributed by atoms with van der Waals surface area (Å²) in [5.74, 6) is -0.485. The lowest BCUT2D eigenvalue weighted by Gasteiger charge is -2.05. The number of oxime groups is 1. The Morgan fingerprint density at radius 3 is 2.60 bits per heavy atom. The van der Waals surface area contributed by atoms with Gasteiger partial charge in [0.1, 0.15) is 11.9 Å². The Labute approximate surface area is 96.2 Å². The monoisotopic (exact) mass is 247 g/mol. The van der Waals surface area contributed by atoms with Crippen molar-refractivity contribution >= 4 is 35.1 Å². The fourth-order valence-electron chi connectivity index (χ4n) is 1.11. The third-order valence-electron chi connectivity index (χ3n) is 1.76. The van der Waals surface area contributed by atoms with Crippen LogP contribution in [0.25, 0.3) is 0 Å². The predicted octanol–water partition coefficient (Wildman–Crippen LogP) is 2.85. The maximum Gasteiger partial charge on any atom is 0.280 e. The molecule has 0 saturated carbocycles. The van der Waals surface area contributed by atoms with E-state index in [9.17, 15) is 4.79 Å². The first-order valence-corrected chi connectivity index (χ1v) is 4.60. The van der Waals surface area contributed by atoms with Crippen LogP contribution >= 0.6 is 23.5 Å². The van der Waals surface area contributed by atoms with Crippen LogP contribution in [0.15, 0.2) is 23.4 Å². The van der Waals surface area contributed by atoms with Gasteiger partial charge in [0.05, 0.1) is 5.56 Å². The average Bonchev–Trinajstić information content (AvgIpc) is 2.21. The Bertz CT molecular complexity index is 418. The standard InChI is InChI=1S/C9H7Cl2NO3/c1-5(13)8-4-6(10)2-3-7(8)9(12-14)15-11/h2-4,14H,1H3. The minimum absolute atomic E-state index is 0.234. The summed E-state index contributed by atoms with van der Waals surface area (Å²) in [4.78, 5) is 11.3. The van der Waals surface area contributed by atoms with Gasteiger partial charge >= 0.3 is 0 Å². The topological polar surface area (TPSA) is 58.9 Å². The van der Waals surface area contributed by atoms with Crippen LogP contribution in [-0.2, 0) is 4.29 Å². The molecule has 0 radical (unpaired) electrons. The number of carbonyl (C=O) groups is 1. The highest BCUT2D eigenvalue weighted by atomic mass is 35.5. The first-order chi connectivity index (χ1) is 7.10. The number of rotatable bonds is 2. The first kappa shape index (κ1) is 11.8. The van der Waals surface area contributed by atoms with Crippen molar-refractivity contribution in [2.75, 3.05) is 0 Å². The summed E-state index contributed by atoms with van der Waals surface area (Å²) < 4.78 is 4.29. The van der Waals surface area contributed by atoms with E-state index in [0.717, 1.165) is 0 Å².